The average Bonchev–Trinajstić information content (AvgIpc) is 3.08. The first kappa shape index (κ1) is 16.3. The summed E-state index contributed by atoms with van der Waals surface area (Å²) in [5.74, 6) is 0.899. The molecule has 0 spiro atoms. The van der Waals surface area contributed by atoms with Crippen LogP contribution in [-0.4, -0.2) is 49.7 Å². The topological polar surface area (TPSA) is 27.3 Å². The molecule has 118 valence electrons. The molecule has 3 heteroatoms. The number of hydrogen-bond acceptors (Lipinski definition) is 3. The van der Waals surface area contributed by atoms with Crippen LogP contribution in [0.5, 0.6) is 0 Å². The number of nitrogens with one attached hydrogen (secondary N) is 2. The summed E-state index contributed by atoms with van der Waals surface area (Å²) in [5.41, 5.74) is 0. The Balaban J connectivity index is 1.58. The van der Waals surface area contributed by atoms with E-state index in [1.165, 1.54) is 64.6 Å². The van der Waals surface area contributed by atoms with Crippen molar-refractivity contribution < 1.29 is 0 Å². The van der Waals surface area contributed by atoms with E-state index >= 15 is 0 Å². The van der Waals surface area contributed by atoms with Crippen molar-refractivity contribution in [3.05, 3.63) is 0 Å². The fraction of sp³-hybridized carbons (Fsp3) is 1.00. The molecule has 0 aromatic heterocycles. The van der Waals surface area contributed by atoms with E-state index in [2.05, 4.69) is 36.4 Å². The molecule has 0 amide bonds. The number of unbranched alkanes of at least 4 members (excludes halogenated alkanes) is 1. The third-order valence-corrected chi connectivity index (χ3v) is 5.41. The van der Waals surface area contributed by atoms with Crippen LogP contribution in [0.4, 0.5) is 0 Å². The zero-order chi connectivity index (χ0) is 14.4. The van der Waals surface area contributed by atoms with Crippen LogP contribution >= 0.6 is 0 Å². The van der Waals surface area contributed by atoms with Gasteiger partial charge in [0.2, 0.25) is 0 Å². The molecule has 3 nitrogen and oxygen atoms in total. The van der Waals surface area contributed by atoms with Gasteiger partial charge in [-0.25, -0.2) is 0 Å². The first-order valence-corrected chi connectivity index (χ1v) is 8.85. The van der Waals surface area contributed by atoms with Crippen LogP contribution in [0.1, 0.15) is 58.8 Å². The standard InChI is InChI=1S/C17H35N3/c1-14(2)20(3)13-5-4-11-18-16-9-6-8-15(16)17-10-7-12-19-17/h14-19H,4-13H2,1-3H3. The maximum Gasteiger partial charge on any atom is 0.0111 e. The molecule has 0 aromatic rings. The number of hydrogen-bond donors (Lipinski definition) is 2. The molecular weight excluding hydrogens is 246 g/mol. The SMILES string of the molecule is CC(C)N(C)CCCCNC1CCCC1C1CCCN1. The average molecular weight is 281 g/mol. The summed E-state index contributed by atoms with van der Waals surface area (Å²) in [7, 11) is 2.23. The molecule has 1 saturated heterocycles. The molecule has 1 saturated carbocycles. The summed E-state index contributed by atoms with van der Waals surface area (Å²) in [6.07, 6.45) is 9.69. The molecule has 2 N–H and O–H groups in total. The van der Waals surface area contributed by atoms with Gasteiger partial charge in [-0.15, -0.1) is 0 Å². The lowest BCUT2D eigenvalue weighted by Gasteiger charge is -2.27. The van der Waals surface area contributed by atoms with Gasteiger partial charge in [-0.1, -0.05) is 6.42 Å². The van der Waals surface area contributed by atoms with Gasteiger partial charge in [0.15, 0.2) is 0 Å². The van der Waals surface area contributed by atoms with Crippen LogP contribution in [0.2, 0.25) is 0 Å². The lowest BCUT2D eigenvalue weighted by molar-refractivity contribution is 0.265. The van der Waals surface area contributed by atoms with Gasteiger partial charge in [0.05, 0.1) is 0 Å². The minimum Gasteiger partial charge on any atom is -0.314 e. The highest BCUT2D eigenvalue weighted by atomic mass is 15.1. The second-order valence-corrected chi connectivity index (χ2v) is 7.14. The number of nitrogens with zero attached hydrogens (tertiary/aromatic N) is 1. The van der Waals surface area contributed by atoms with Gasteiger partial charge >= 0.3 is 0 Å². The molecule has 2 aliphatic rings. The molecule has 0 radical (unpaired) electrons. The molecular formula is C17H35N3. The van der Waals surface area contributed by atoms with Gasteiger partial charge in [-0.3, -0.25) is 0 Å². The zero-order valence-electron chi connectivity index (χ0n) is 13.8. The normalized spacial score (nSPS) is 30.8. The van der Waals surface area contributed by atoms with E-state index in [4.69, 9.17) is 0 Å². The largest absolute Gasteiger partial charge is 0.314 e. The van der Waals surface area contributed by atoms with Crippen LogP contribution in [0.25, 0.3) is 0 Å². The monoisotopic (exact) mass is 281 g/mol. The van der Waals surface area contributed by atoms with Crippen molar-refractivity contribution in [2.75, 3.05) is 26.7 Å². The third-order valence-electron chi connectivity index (χ3n) is 5.41. The van der Waals surface area contributed by atoms with E-state index in [9.17, 15) is 0 Å². The molecule has 0 bridgehead atoms. The summed E-state index contributed by atoms with van der Waals surface area (Å²) in [6, 6.07) is 2.27. The van der Waals surface area contributed by atoms with E-state index in [-0.39, 0.29) is 0 Å². The summed E-state index contributed by atoms with van der Waals surface area (Å²) in [6.45, 7) is 8.23. The van der Waals surface area contributed by atoms with Crippen LogP contribution in [-0.2, 0) is 0 Å². The minimum absolute atomic E-state index is 0.676. The highest BCUT2D eigenvalue weighted by Gasteiger charge is 2.34. The van der Waals surface area contributed by atoms with Crippen LogP contribution in [0, 0.1) is 5.92 Å². The van der Waals surface area contributed by atoms with Gasteiger partial charge in [-0.2, -0.15) is 0 Å². The Labute approximate surface area is 125 Å². The van der Waals surface area contributed by atoms with Crippen molar-refractivity contribution in [1.29, 1.82) is 0 Å². The van der Waals surface area contributed by atoms with E-state index in [1.54, 1.807) is 0 Å². The Morgan fingerprint density at radius 1 is 1.15 bits per heavy atom. The molecule has 2 fully saturated rings. The Bertz CT molecular complexity index is 261. The summed E-state index contributed by atoms with van der Waals surface area (Å²) < 4.78 is 0. The lowest BCUT2D eigenvalue weighted by Crippen LogP contribution is -2.42. The van der Waals surface area contributed by atoms with Crippen molar-refractivity contribution in [1.82, 2.24) is 15.5 Å². The smallest absolute Gasteiger partial charge is 0.0111 e. The first-order valence-electron chi connectivity index (χ1n) is 8.85. The predicted molar refractivity (Wildman–Crippen MR) is 87.2 cm³/mol. The van der Waals surface area contributed by atoms with Crippen molar-refractivity contribution in [3.63, 3.8) is 0 Å². The van der Waals surface area contributed by atoms with Crippen LogP contribution < -0.4 is 10.6 Å². The Morgan fingerprint density at radius 3 is 2.70 bits per heavy atom. The molecule has 1 heterocycles. The predicted octanol–water partition coefficient (Wildman–Crippen LogP) is 2.62. The van der Waals surface area contributed by atoms with Crippen molar-refractivity contribution >= 4 is 0 Å². The van der Waals surface area contributed by atoms with E-state index in [0.717, 1.165) is 18.0 Å². The van der Waals surface area contributed by atoms with Crippen LogP contribution in [0.15, 0.2) is 0 Å². The van der Waals surface area contributed by atoms with Gasteiger partial charge in [0, 0.05) is 18.1 Å². The maximum atomic E-state index is 3.85. The highest BCUT2D eigenvalue weighted by molar-refractivity contribution is 4.93. The Hall–Kier alpha value is -0.120. The van der Waals surface area contributed by atoms with Crippen LogP contribution in [0.3, 0.4) is 0 Å². The molecule has 0 aromatic carbocycles. The zero-order valence-corrected chi connectivity index (χ0v) is 13.8. The maximum absolute atomic E-state index is 3.85. The Kier molecular flexibility index (Phi) is 6.79. The van der Waals surface area contributed by atoms with Crippen molar-refractivity contribution in [2.45, 2.75) is 76.9 Å². The quantitative estimate of drug-likeness (QED) is 0.670. The lowest BCUT2D eigenvalue weighted by atomic mass is 9.93. The fourth-order valence-corrected chi connectivity index (χ4v) is 3.83. The van der Waals surface area contributed by atoms with E-state index in [1.807, 2.05) is 0 Å². The number of rotatable bonds is 8. The second kappa shape index (κ2) is 8.35. The molecule has 1 aliphatic heterocycles. The summed E-state index contributed by atoms with van der Waals surface area (Å²) in [5, 5.41) is 7.56. The summed E-state index contributed by atoms with van der Waals surface area (Å²) >= 11 is 0. The highest BCUT2D eigenvalue weighted by Crippen LogP contribution is 2.31. The van der Waals surface area contributed by atoms with E-state index in [0.29, 0.717) is 6.04 Å². The molecule has 3 atom stereocenters. The van der Waals surface area contributed by atoms with Crippen molar-refractivity contribution in [2.24, 2.45) is 5.92 Å². The van der Waals surface area contributed by atoms with Crippen molar-refractivity contribution in [3.8, 4) is 0 Å². The van der Waals surface area contributed by atoms with Gasteiger partial charge < -0.3 is 15.5 Å². The second-order valence-electron chi connectivity index (χ2n) is 7.14. The van der Waals surface area contributed by atoms with Gasteiger partial charge in [0.1, 0.15) is 0 Å². The van der Waals surface area contributed by atoms with E-state index < -0.39 is 0 Å². The minimum atomic E-state index is 0.676. The summed E-state index contributed by atoms with van der Waals surface area (Å²) in [4.78, 5) is 2.45. The van der Waals surface area contributed by atoms with Gasteiger partial charge in [-0.05, 0) is 85.0 Å². The first-order chi connectivity index (χ1) is 9.68. The fourth-order valence-electron chi connectivity index (χ4n) is 3.83. The third kappa shape index (κ3) is 4.71. The molecule has 1 aliphatic carbocycles. The van der Waals surface area contributed by atoms with Gasteiger partial charge in [0.25, 0.3) is 0 Å². The molecule has 2 rings (SSSR count). The molecule has 3 unspecified atom stereocenters. The Morgan fingerprint density at radius 2 is 2.00 bits per heavy atom. The molecule has 20 heavy (non-hydrogen) atoms.